The molecule has 19 heavy (non-hydrogen) atoms. The predicted octanol–water partition coefficient (Wildman–Crippen LogP) is 1.46. The number of aryl methyl sites for hydroxylation is 1. The quantitative estimate of drug-likeness (QED) is 0.825. The monoisotopic (exact) mass is 259 g/mol. The van der Waals surface area contributed by atoms with Crippen LogP contribution in [0.15, 0.2) is 36.5 Å². The number of benzene rings is 1. The highest BCUT2D eigenvalue weighted by Crippen LogP contribution is 2.07. The number of H-pyrrole nitrogens is 1. The Morgan fingerprint density at radius 3 is 2.84 bits per heavy atom. The Morgan fingerprint density at radius 2 is 2.16 bits per heavy atom. The van der Waals surface area contributed by atoms with Gasteiger partial charge < -0.3 is 15.0 Å². The van der Waals surface area contributed by atoms with Crippen LogP contribution in [0.2, 0.25) is 0 Å². The van der Waals surface area contributed by atoms with Crippen LogP contribution in [0.3, 0.4) is 0 Å². The van der Waals surface area contributed by atoms with Crippen LogP contribution < -0.4 is 10.1 Å². The third-order valence-electron chi connectivity index (χ3n) is 2.59. The molecule has 0 unspecified atom stereocenters. The number of aromatic nitrogens is 2. The van der Waals surface area contributed by atoms with Gasteiger partial charge in [0.05, 0.1) is 0 Å². The van der Waals surface area contributed by atoms with E-state index in [4.69, 9.17) is 4.74 Å². The molecule has 0 aliphatic rings. The van der Waals surface area contributed by atoms with Crippen LogP contribution in [0.5, 0.6) is 5.75 Å². The van der Waals surface area contributed by atoms with E-state index in [1.807, 2.05) is 37.3 Å². The third kappa shape index (κ3) is 4.46. The van der Waals surface area contributed by atoms with E-state index in [1.54, 1.807) is 6.20 Å². The molecular weight excluding hydrogens is 242 g/mol. The zero-order valence-corrected chi connectivity index (χ0v) is 10.8. The van der Waals surface area contributed by atoms with Gasteiger partial charge in [0.25, 0.3) is 5.91 Å². The van der Waals surface area contributed by atoms with Crippen molar-refractivity contribution in [3.8, 4) is 5.75 Å². The molecule has 100 valence electrons. The lowest BCUT2D eigenvalue weighted by atomic mass is 10.3. The normalized spacial score (nSPS) is 10.2. The SMILES string of the molecule is Cc1ncc(CCNC(=O)COc2ccccc2)[nH]1. The fourth-order valence-electron chi connectivity index (χ4n) is 1.65. The van der Waals surface area contributed by atoms with Crippen molar-refractivity contribution in [1.82, 2.24) is 15.3 Å². The number of rotatable bonds is 6. The summed E-state index contributed by atoms with van der Waals surface area (Å²) >= 11 is 0. The van der Waals surface area contributed by atoms with Gasteiger partial charge in [0.15, 0.2) is 6.61 Å². The van der Waals surface area contributed by atoms with E-state index in [1.165, 1.54) is 0 Å². The Kier molecular flexibility index (Phi) is 4.55. The summed E-state index contributed by atoms with van der Waals surface area (Å²) in [4.78, 5) is 18.8. The van der Waals surface area contributed by atoms with Gasteiger partial charge in [-0.2, -0.15) is 0 Å². The molecule has 1 heterocycles. The van der Waals surface area contributed by atoms with E-state index in [9.17, 15) is 4.79 Å². The lowest BCUT2D eigenvalue weighted by molar-refractivity contribution is -0.123. The summed E-state index contributed by atoms with van der Waals surface area (Å²) in [5.74, 6) is 1.45. The van der Waals surface area contributed by atoms with Gasteiger partial charge in [0, 0.05) is 24.9 Å². The fourth-order valence-corrected chi connectivity index (χ4v) is 1.65. The molecule has 0 radical (unpaired) electrons. The Hall–Kier alpha value is -2.30. The Morgan fingerprint density at radius 1 is 1.37 bits per heavy atom. The van der Waals surface area contributed by atoms with Crippen molar-refractivity contribution in [3.05, 3.63) is 48.0 Å². The molecule has 2 aromatic rings. The minimum absolute atomic E-state index is 0.0337. The minimum atomic E-state index is -0.125. The summed E-state index contributed by atoms with van der Waals surface area (Å²) in [5.41, 5.74) is 1.02. The molecule has 5 nitrogen and oxygen atoms in total. The van der Waals surface area contributed by atoms with Crippen molar-refractivity contribution in [1.29, 1.82) is 0 Å². The molecule has 0 bridgehead atoms. The molecule has 2 rings (SSSR count). The topological polar surface area (TPSA) is 67.0 Å². The Labute approximate surface area is 112 Å². The molecule has 0 aliphatic carbocycles. The van der Waals surface area contributed by atoms with Gasteiger partial charge in [-0.15, -0.1) is 0 Å². The first-order valence-electron chi connectivity index (χ1n) is 6.19. The number of ether oxygens (including phenoxy) is 1. The second-order valence-corrected chi connectivity index (χ2v) is 4.20. The number of para-hydroxylation sites is 1. The van der Waals surface area contributed by atoms with E-state index in [0.29, 0.717) is 12.3 Å². The van der Waals surface area contributed by atoms with E-state index >= 15 is 0 Å². The third-order valence-corrected chi connectivity index (χ3v) is 2.59. The van der Waals surface area contributed by atoms with Gasteiger partial charge in [0.2, 0.25) is 0 Å². The van der Waals surface area contributed by atoms with E-state index in [0.717, 1.165) is 17.9 Å². The average molecular weight is 259 g/mol. The van der Waals surface area contributed by atoms with Crippen molar-refractivity contribution < 1.29 is 9.53 Å². The molecular formula is C14H17N3O2. The molecule has 0 spiro atoms. The number of aromatic amines is 1. The second-order valence-electron chi connectivity index (χ2n) is 4.20. The Bertz CT molecular complexity index is 522. The highest BCUT2D eigenvalue weighted by molar-refractivity contribution is 5.77. The van der Waals surface area contributed by atoms with Gasteiger partial charge in [-0.3, -0.25) is 4.79 Å². The van der Waals surface area contributed by atoms with E-state index < -0.39 is 0 Å². The lowest BCUT2D eigenvalue weighted by Gasteiger charge is -2.06. The molecule has 1 amide bonds. The number of hydrogen-bond acceptors (Lipinski definition) is 3. The van der Waals surface area contributed by atoms with Crippen LogP contribution >= 0.6 is 0 Å². The van der Waals surface area contributed by atoms with Crippen LogP contribution in [0.4, 0.5) is 0 Å². The predicted molar refractivity (Wildman–Crippen MR) is 72.0 cm³/mol. The second kappa shape index (κ2) is 6.58. The number of carbonyl (C=O) groups is 1. The molecule has 1 aromatic carbocycles. The number of carbonyl (C=O) groups excluding carboxylic acids is 1. The largest absolute Gasteiger partial charge is 0.484 e. The van der Waals surface area contributed by atoms with Crippen molar-refractivity contribution in [3.63, 3.8) is 0 Å². The van der Waals surface area contributed by atoms with E-state index in [2.05, 4.69) is 15.3 Å². The highest BCUT2D eigenvalue weighted by atomic mass is 16.5. The number of hydrogen-bond donors (Lipinski definition) is 2. The first kappa shape index (κ1) is 13.1. The summed E-state index contributed by atoms with van der Waals surface area (Å²) in [6.45, 7) is 2.50. The number of nitrogens with zero attached hydrogens (tertiary/aromatic N) is 1. The van der Waals surface area contributed by atoms with Gasteiger partial charge >= 0.3 is 0 Å². The number of imidazole rings is 1. The van der Waals surface area contributed by atoms with Crippen molar-refractivity contribution in [2.45, 2.75) is 13.3 Å². The fraction of sp³-hybridized carbons (Fsp3) is 0.286. The zero-order chi connectivity index (χ0) is 13.5. The van der Waals surface area contributed by atoms with Crippen molar-refractivity contribution in [2.24, 2.45) is 0 Å². The maximum atomic E-state index is 11.5. The average Bonchev–Trinajstić information content (AvgIpc) is 2.83. The summed E-state index contributed by atoms with van der Waals surface area (Å²) in [7, 11) is 0. The zero-order valence-electron chi connectivity index (χ0n) is 10.8. The van der Waals surface area contributed by atoms with Crippen molar-refractivity contribution >= 4 is 5.91 Å². The molecule has 0 fully saturated rings. The van der Waals surface area contributed by atoms with Gasteiger partial charge in [-0.05, 0) is 19.1 Å². The number of nitrogens with one attached hydrogen (secondary N) is 2. The van der Waals surface area contributed by atoms with Gasteiger partial charge in [0.1, 0.15) is 11.6 Å². The Balaban J connectivity index is 1.65. The highest BCUT2D eigenvalue weighted by Gasteiger charge is 2.03. The van der Waals surface area contributed by atoms with Crippen LogP contribution in [-0.4, -0.2) is 29.0 Å². The molecule has 5 heteroatoms. The van der Waals surface area contributed by atoms with E-state index in [-0.39, 0.29) is 12.5 Å². The molecule has 0 aliphatic heterocycles. The smallest absolute Gasteiger partial charge is 0.257 e. The van der Waals surface area contributed by atoms with Crippen molar-refractivity contribution in [2.75, 3.05) is 13.2 Å². The summed E-state index contributed by atoms with van der Waals surface area (Å²) < 4.78 is 5.34. The lowest BCUT2D eigenvalue weighted by Crippen LogP contribution is -2.30. The van der Waals surface area contributed by atoms with Crippen LogP contribution in [0.25, 0.3) is 0 Å². The molecule has 2 N–H and O–H groups in total. The van der Waals surface area contributed by atoms with Crippen LogP contribution in [-0.2, 0) is 11.2 Å². The number of amides is 1. The molecule has 0 saturated heterocycles. The first-order valence-corrected chi connectivity index (χ1v) is 6.19. The molecule has 0 atom stereocenters. The summed E-state index contributed by atoms with van der Waals surface area (Å²) in [5, 5.41) is 2.80. The first-order chi connectivity index (χ1) is 9.24. The molecule has 0 saturated carbocycles. The maximum Gasteiger partial charge on any atom is 0.257 e. The minimum Gasteiger partial charge on any atom is -0.484 e. The van der Waals surface area contributed by atoms with Crippen LogP contribution in [0.1, 0.15) is 11.5 Å². The summed E-state index contributed by atoms with van der Waals surface area (Å²) in [6.07, 6.45) is 2.51. The van der Waals surface area contributed by atoms with Gasteiger partial charge in [-0.1, -0.05) is 18.2 Å². The molecule has 1 aromatic heterocycles. The maximum absolute atomic E-state index is 11.5. The van der Waals surface area contributed by atoms with Gasteiger partial charge in [-0.25, -0.2) is 4.98 Å². The summed E-state index contributed by atoms with van der Waals surface area (Å²) in [6, 6.07) is 9.28. The van der Waals surface area contributed by atoms with Crippen LogP contribution in [0, 0.1) is 6.92 Å². The standard InChI is InChI=1S/C14H17N3O2/c1-11-16-9-12(17-11)7-8-15-14(18)10-19-13-5-3-2-4-6-13/h2-6,9H,7-8,10H2,1H3,(H,15,18)(H,16,17).